The van der Waals surface area contributed by atoms with Gasteiger partial charge in [-0.25, -0.2) is 4.79 Å². The van der Waals surface area contributed by atoms with Crippen molar-refractivity contribution in [1.29, 1.82) is 0 Å². The van der Waals surface area contributed by atoms with Gasteiger partial charge in [-0.15, -0.1) is 11.8 Å². The Hall–Kier alpha value is -2.03. The molecule has 0 radical (unpaired) electrons. The van der Waals surface area contributed by atoms with Crippen molar-refractivity contribution in [2.75, 3.05) is 5.75 Å². The summed E-state index contributed by atoms with van der Waals surface area (Å²) in [6.07, 6.45) is -0.523. The third-order valence-corrected chi connectivity index (χ3v) is 4.67. The Morgan fingerprint density at radius 3 is 2.57 bits per heavy atom. The second kappa shape index (κ2) is 5.76. The van der Waals surface area contributed by atoms with Crippen LogP contribution in [0.1, 0.15) is 19.8 Å². The number of hydrogen-bond donors (Lipinski definition) is 3. The largest absolute Gasteiger partial charge is 0.481 e. The van der Waals surface area contributed by atoms with E-state index in [2.05, 4.69) is 5.32 Å². The second-order valence-corrected chi connectivity index (χ2v) is 5.89. The molecule has 0 aromatic rings. The summed E-state index contributed by atoms with van der Waals surface area (Å²) < 4.78 is 0. The van der Waals surface area contributed by atoms with Gasteiger partial charge < -0.3 is 15.5 Å². The maximum Gasteiger partial charge on any atom is 0.352 e. The average molecular weight is 314 g/mol. The zero-order valence-electron chi connectivity index (χ0n) is 11.2. The van der Waals surface area contributed by atoms with Crippen molar-refractivity contribution >= 4 is 35.5 Å². The molecule has 2 atom stereocenters. The molecule has 1 saturated heterocycles. The van der Waals surface area contributed by atoms with Gasteiger partial charge in [-0.05, 0) is 12.5 Å². The lowest BCUT2D eigenvalue weighted by Gasteiger charge is -2.49. The fourth-order valence-corrected chi connectivity index (χ4v) is 3.53. The Bertz CT molecular complexity index is 558. The number of nitrogens with one attached hydrogen (secondary N) is 1. The van der Waals surface area contributed by atoms with Gasteiger partial charge in [0.15, 0.2) is 0 Å². The highest BCUT2D eigenvalue weighted by Crippen LogP contribution is 2.40. The Balaban J connectivity index is 2.02. The number of thioether (sulfide) groups is 1. The van der Waals surface area contributed by atoms with Crippen molar-refractivity contribution in [3.63, 3.8) is 0 Å². The lowest BCUT2D eigenvalue weighted by Crippen LogP contribution is -2.70. The van der Waals surface area contributed by atoms with Crippen molar-refractivity contribution < 1.29 is 29.4 Å². The molecule has 2 aliphatic heterocycles. The van der Waals surface area contributed by atoms with Crippen LogP contribution in [0.4, 0.5) is 0 Å². The number of carboxylic acids is 2. The summed E-state index contributed by atoms with van der Waals surface area (Å²) in [7, 11) is 0. The predicted molar refractivity (Wildman–Crippen MR) is 72.2 cm³/mol. The van der Waals surface area contributed by atoms with Crippen LogP contribution in [0.2, 0.25) is 0 Å². The highest BCUT2D eigenvalue weighted by molar-refractivity contribution is 8.00. The molecule has 2 rings (SSSR count). The first kappa shape index (κ1) is 15.4. The number of hydrogen-bond acceptors (Lipinski definition) is 5. The number of nitrogens with zero attached hydrogens (tertiary/aromatic N) is 1. The summed E-state index contributed by atoms with van der Waals surface area (Å²) in [5.41, 5.74) is 0.576. The van der Waals surface area contributed by atoms with Gasteiger partial charge in [-0.2, -0.15) is 0 Å². The van der Waals surface area contributed by atoms with E-state index in [1.807, 2.05) is 0 Å². The van der Waals surface area contributed by atoms with Crippen molar-refractivity contribution in [2.24, 2.45) is 0 Å². The van der Waals surface area contributed by atoms with Crippen LogP contribution < -0.4 is 5.32 Å². The minimum absolute atomic E-state index is 0.0280. The van der Waals surface area contributed by atoms with Gasteiger partial charge in [0.05, 0.1) is 6.42 Å². The van der Waals surface area contributed by atoms with Gasteiger partial charge in [-0.3, -0.25) is 19.3 Å². The van der Waals surface area contributed by atoms with Crippen LogP contribution in [-0.2, 0) is 19.2 Å². The van der Waals surface area contributed by atoms with E-state index >= 15 is 0 Å². The molecule has 9 heteroatoms. The van der Waals surface area contributed by atoms with Gasteiger partial charge in [0.1, 0.15) is 17.1 Å². The molecule has 2 unspecified atom stereocenters. The molecule has 0 saturated carbocycles. The summed E-state index contributed by atoms with van der Waals surface area (Å²) in [6.45, 7) is 1.65. The van der Waals surface area contributed by atoms with Gasteiger partial charge >= 0.3 is 11.9 Å². The minimum Gasteiger partial charge on any atom is -0.481 e. The monoisotopic (exact) mass is 314 g/mol. The summed E-state index contributed by atoms with van der Waals surface area (Å²) in [5, 5.41) is 19.7. The number of fused-ring (bicyclic) bond motifs is 1. The molecule has 8 nitrogen and oxygen atoms in total. The van der Waals surface area contributed by atoms with Crippen molar-refractivity contribution in [3.05, 3.63) is 11.3 Å². The van der Waals surface area contributed by atoms with E-state index in [4.69, 9.17) is 10.2 Å². The first-order valence-corrected chi connectivity index (χ1v) is 7.26. The molecule has 2 amide bonds. The van der Waals surface area contributed by atoms with Crippen LogP contribution in [0.15, 0.2) is 11.3 Å². The molecule has 0 bridgehead atoms. The standard InChI is InChI=1S/C12H14N2O6S/c1-5-4-21-11-8(13-6(15)2-3-7(16)17)10(18)14(11)9(5)12(19)20/h8,11H,2-4H2,1H3,(H,13,15)(H,16,17)(H,19,20). The number of carboxylic acid groups (broad SMARTS) is 2. The molecule has 21 heavy (non-hydrogen) atoms. The lowest BCUT2D eigenvalue weighted by atomic mass is 10.0. The number of carbonyl (C=O) groups excluding carboxylic acids is 2. The summed E-state index contributed by atoms with van der Waals surface area (Å²) >= 11 is 1.37. The topological polar surface area (TPSA) is 124 Å². The Labute approximate surface area is 124 Å². The van der Waals surface area contributed by atoms with Crippen LogP contribution >= 0.6 is 11.8 Å². The highest BCUT2D eigenvalue weighted by atomic mass is 32.2. The average Bonchev–Trinajstić information content (AvgIpc) is 2.41. The van der Waals surface area contributed by atoms with Crippen LogP contribution in [-0.4, -0.2) is 56.0 Å². The molecule has 2 heterocycles. The van der Waals surface area contributed by atoms with Gasteiger partial charge in [0, 0.05) is 12.2 Å². The molecule has 114 valence electrons. The third-order valence-electron chi connectivity index (χ3n) is 3.24. The molecular weight excluding hydrogens is 300 g/mol. The Morgan fingerprint density at radius 1 is 1.33 bits per heavy atom. The molecule has 2 aliphatic rings. The Kier molecular flexibility index (Phi) is 4.21. The van der Waals surface area contributed by atoms with Gasteiger partial charge in [0.2, 0.25) is 5.91 Å². The van der Waals surface area contributed by atoms with E-state index in [9.17, 15) is 19.2 Å². The van der Waals surface area contributed by atoms with E-state index in [-0.39, 0.29) is 18.5 Å². The number of amides is 2. The Morgan fingerprint density at radius 2 is 2.00 bits per heavy atom. The van der Waals surface area contributed by atoms with Crippen molar-refractivity contribution in [2.45, 2.75) is 31.2 Å². The predicted octanol–water partition coefficient (Wildman–Crippen LogP) is -0.390. The van der Waals surface area contributed by atoms with E-state index in [0.717, 1.165) is 0 Å². The number of carbonyl (C=O) groups is 4. The van der Waals surface area contributed by atoms with Crippen LogP contribution in [0, 0.1) is 0 Å². The van der Waals surface area contributed by atoms with Crippen molar-refractivity contribution in [1.82, 2.24) is 10.2 Å². The molecule has 0 aliphatic carbocycles. The quantitative estimate of drug-likeness (QED) is 0.590. The van der Waals surface area contributed by atoms with E-state index < -0.39 is 35.2 Å². The zero-order chi connectivity index (χ0) is 15.7. The second-order valence-electron chi connectivity index (χ2n) is 4.78. The summed E-state index contributed by atoms with van der Waals surface area (Å²) in [4.78, 5) is 46.3. The molecule has 1 fully saturated rings. The van der Waals surface area contributed by atoms with E-state index in [0.29, 0.717) is 11.3 Å². The van der Waals surface area contributed by atoms with Crippen LogP contribution in [0.3, 0.4) is 0 Å². The fraction of sp³-hybridized carbons (Fsp3) is 0.500. The zero-order valence-corrected chi connectivity index (χ0v) is 12.0. The van der Waals surface area contributed by atoms with E-state index in [1.54, 1.807) is 6.92 Å². The maximum atomic E-state index is 12.0. The third kappa shape index (κ3) is 2.87. The number of aliphatic carboxylic acids is 2. The number of β-lactam (4-membered cyclic amide) rings is 1. The van der Waals surface area contributed by atoms with Crippen LogP contribution in [0.25, 0.3) is 0 Å². The minimum atomic E-state index is -1.16. The first-order valence-electron chi connectivity index (χ1n) is 6.21. The smallest absolute Gasteiger partial charge is 0.352 e. The first-order chi connectivity index (χ1) is 9.82. The highest BCUT2D eigenvalue weighted by Gasteiger charge is 2.53. The fourth-order valence-electron chi connectivity index (χ4n) is 2.24. The normalized spacial score (nSPS) is 24.2. The number of rotatable bonds is 5. The summed E-state index contributed by atoms with van der Waals surface area (Å²) in [6, 6.07) is -0.793. The van der Waals surface area contributed by atoms with Gasteiger partial charge in [-0.1, -0.05) is 0 Å². The molecule has 0 aromatic carbocycles. The van der Waals surface area contributed by atoms with Crippen molar-refractivity contribution in [3.8, 4) is 0 Å². The summed E-state index contributed by atoms with van der Waals surface area (Å²) in [5.74, 6) is -2.79. The van der Waals surface area contributed by atoms with Gasteiger partial charge in [0.25, 0.3) is 5.91 Å². The molecular formula is C12H14N2O6S. The maximum absolute atomic E-state index is 12.0. The van der Waals surface area contributed by atoms with Crippen LogP contribution in [0.5, 0.6) is 0 Å². The van der Waals surface area contributed by atoms with E-state index in [1.165, 1.54) is 16.7 Å². The molecule has 0 aromatic heterocycles. The SMILES string of the molecule is CC1=C(C(=O)O)N2C(=O)C(NC(=O)CCC(=O)O)C2SC1. The lowest BCUT2D eigenvalue weighted by molar-refractivity contribution is -0.151. The molecule has 3 N–H and O–H groups in total. The molecule has 0 spiro atoms.